The van der Waals surface area contributed by atoms with Crippen molar-refractivity contribution in [2.24, 2.45) is 0 Å². The smallest absolute Gasteiger partial charge is 0.120 e. The summed E-state index contributed by atoms with van der Waals surface area (Å²) in [6.45, 7) is 4.68. The normalized spacial score (nSPS) is 10.4. The number of phenols is 1. The van der Waals surface area contributed by atoms with E-state index in [0.29, 0.717) is 11.6 Å². The van der Waals surface area contributed by atoms with E-state index in [9.17, 15) is 5.11 Å². The van der Waals surface area contributed by atoms with Crippen molar-refractivity contribution in [3.8, 4) is 5.75 Å². The van der Waals surface area contributed by atoms with Gasteiger partial charge in [0.1, 0.15) is 5.75 Å². The minimum atomic E-state index is 0.261. The van der Waals surface area contributed by atoms with Crippen molar-refractivity contribution in [2.75, 3.05) is 5.32 Å². The first kappa shape index (κ1) is 12.8. The molecule has 0 saturated heterocycles. The van der Waals surface area contributed by atoms with E-state index in [1.807, 2.05) is 6.07 Å². The van der Waals surface area contributed by atoms with Gasteiger partial charge in [-0.05, 0) is 43.7 Å². The zero-order chi connectivity index (χ0) is 13.1. The third kappa shape index (κ3) is 2.96. The van der Waals surface area contributed by atoms with E-state index in [4.69, 9.17) is 11.6 Å². The summed E-state index contributed by atoms with van der Waals surface area (Å²) in [6, 6.07) is 11.3. The van der Waals surface area contributed by atoms with E-state index in [-0.39, 0.29) is 5.75 Å². The Balaban J connectivity index is 2.13. The molecule has 0 atom stereocenters. The fraction of sp³-hybridized carbons (Fsp3) is 0.200. The van der Waals surface area contributed by atoms with Gasteiger partial charge in [-0.1, -0.05) is 29.3 Å². The van der Waals surface area contributed by atoms with E-state index in [2.05, 4.69) is 31.3 Å². The number of phenolic OH excluding ortho intramolecular Hbond substituents is 1. The van der Waals surface area contributed by atoms with E-state index < -0.39 is 0 Å². The highest BCUT2D eigenvalue weighted by molar-refractivity contribution is 6.30. The first-order chi connectivity index (χ1) is 8.56. The number of aryl methyl sites for hydroxylation is 2. The average molecular weight is 262 g/mol. The number of rotatable bonds is 3. The van der Waals surface area contributed by atoms with Crippen LogP contribution in [-0.4, -0.2) is 5.11 Å². The van der Waals surface area contributed by atoms with Crippen LogP contribution in [0.5, 0.6) is 5.75 Å². The van der Waals surface area contributed by atoms with Gasteiger partial charge >= 0.3 is 0 Å². The molecule has 0 radical (unpaired) electrons. The standard InChI is InChI=1S/C15H16ClNO/c1-10-3-5-14(11(2)7-10)17-9-12-8-13(16)4-6-15(12)18/h3-8,17-18H,9H2,1-2H3. The summed E-state index contributed by atoms with van der Waals surface area (Å²) < 4.78 is 0. The largest absolute Gasteiger partial charge is 0.508 e. The Morgan fingerprint density at radius 2 is 1.89 bits per heavy atom. The van der Waals surface area contributed by atoms with Crippen LogP contribution < -0.4 is 5.32 Å². The van der Waals surface area contributed by atoms with Gasteiger partial charge in [0.2, 0.25) is 0 Å². The second-order valence-electron chi connectivity index (χ2n) is 4.44. The lowest BCUT2D eigenvalue weighted by molar-refractivity contribution is 0.469. The van der Waals surface area contributed by atoms with Crippen molar-refractivity contribution in [2.45, 2.75) is 20.4 Å². The molecule has 2 nitrogen and oxygen atoms in total. The molecule has 0 aliphatic rings. The van der Waals surface area contributed by atoms with E-state index in [1.54, 1.807) is 18.2 Å². The Hall–Kier alpha value is -1.67. The molecular weight excluding hydrogens is 246 g/mol. The molecule has 0 fully saturated rings. The predicted octanol–water partition coefficient (Wildman–Crippen LogP) is 4.27. The lowest BCUT2D eigenvalue weighted by Gasteiger charge is -2.11. The molecule has 0 aliphatic heterocycles. The SMILES string of the molecule is Cc1ccc(NCc2cc(Cl)ccc2O)c(C)c1. The summed E-state index contributed by atoms with van der Waals surface area (Å²) in [5, 5.41) is 13.7. The van der Waals surface area contributed by atoms with E-state index >= 15 is 0 Å². The highest BCUT2D eigenvalue weighted by Gasteiger charge is 2.03. The molecule has 0 amide bonds. The molecule has 94 valence electrons. The maximum atomic E-state index is 9.73. The summed E-state index contributed by atoms with van der Waals surface area (Å²) in [7, 11) is 0. The van der Waals surface area contributed by atoms with E-state index in [0.717, 1.165) is 11.3 Å². The summed E-state index contributed by atoms with van der Waals surface area (Å²) in [6.07, 6.45) is 0. The molecule has 2 rings (SSSR count). The Kier molecular flexibility index (Phi) is 3.78. The third-order valence-electron chi connectivity index (χ3n) is 2.89. The minimum Gasteiger partial charge on any atom is -0.508 e. The first-order valence-corrected chi connectivity index (χ1v) is 6.22. The van der Waals surface area contributed by atoms with Crippen molar-refractivity contribution in [3.05, 3.63) is 58.1 Å². The highest BCUT2D eigenvalue weighted by Crippen LogP contribution is 2.23. The van der Waals surface area contributed by atoms with Crippen LogP contribution in [0.2, 0.25) is 5.02 Å². The molecule has 3 heteroatoms. The number of nitrogens with one attached hydrogen (secondary N) is 1. The molecule has 2 N–H and O–H groups in total. The topological polar surface area (TPSA) is 32.3 Å². The molecule has 18 heavy (non-hydrogen) atoms. The van der Waals surface area contributed by atoms with Crippen LogP contribution in [0.15, 0.2) is 36.4 Å². The monoisotopic (exact) mass is 261 g/mol. The Morgan fingerprint density at radius 3 is 2.61 bits per heavy atom. The molecule has 0 spiro atoms. The molecule has 0 aromatic heterocycles. The van der Waals surface area contributed by atoms with Gasteiger partial charge in [-0.25, -0.2) is 0 Å². The molecule has 0 aliphatic carbocycles. The number of hydrogen-bond acceptors (Lipinski definition) is 2. The van der Waals surface area contributed by atoms with Crippen LogP contribution in [0, 0.1) is 13.8 Å². The zero-order valence-electron chi connectivity index (χ0n) is 10.5. The van der Waals surface area contributed by atoms with Crippen molar-refractivity contribution in [1.82, 2.24) is 0 Å². The molecule has 2 aromatic carbocycles. The zero-order valence-corrected chi connectivity index (χ0v) is 11.3. The van der Waals surface area contributed by atoms with Gasteiger partial charge in [-0.3, -0.25) is 0 Å². The van der Waals surface area contributed by atoms with Gasteiger partial charge in [0.25, 0.3) is 0 Å². The summed E-state index contributed by atoms with van der Waals surface area (Å²) in [4.78, 5) is 0. The predicted molar refractivity (Wildman–Crippen MR) is 76.4 cm³/mol. The molecule has 0 unspecified atom stereocenters. The Bertz CT molecular complexity index is 566. The highest BCUT2D eigenvalue weighted by atomic mass is 35.5. The van der Waals surface area contributed by atoms with Gasteiger partial charge in [-0.2, -0.15) is 0 Å². The average Bonchev–Trinajstić information content (AvgIpc) is 2.32. The summed E-state index contributed by atoms with van der Waals surface area (Å²) >= 11 is 5.91. The quantitative estimate of drug-likeness (QED) is 0.865. The molecule has 0 heterocycles. The number of hydrogen-bond donors (Lipinski definition) is 2. The fourth-order valence-electron chi connectivity index (χ4n) is 1.90. The van der Waals surface area contributed by atoms with Crippen molar-refractivity contribution >= 4 is 17.3 Å². The minimum absolute atomic E-state index is 0.261. The van der Waals surface area contributed by atoms with Gasteiger partial charge in [0, 0.05) is 22.8 Å². The summed E-state index contributed by atoms with van der Waals surface area (Å²) in [5.41, 5.74) is 4.29. The molecule has 0 saturated carbocycles. The van der Waals surface area contributed by atoms with Crippen LogP contribution >= 0.6 is 11.6 Å². The van der Waals surface area contributed by atoms with Gasteiger partial charge < -0.3 is 10.4 Å². The molecule has 2 aromatic rings. The van der Waals surface area contributed by atoms with Crippen LogP contribution in [0.1, 0.15) is 16.7 Å². The van der Waals surface area contributed by atoms with Crippen molar-refractivity contribution in [3.63, 3.8) is 0 Å². The van der Waals surface area contributed by atoms with Crippen LogP contribution in [-0.2, 0) is 6.54 Å². The van der Waals surface area contributed by atoms with Crippen LogP contribution in [0.3, 0.4) is 0 Å². The third-order valence-corrected chi connectivity index (χ3v) is 3.13. The van der Waals surface area contributed by atoms with Crippen LogP contribution in [0.4, 0.5) is 5.69 Å². The van der Waals surface area contributed by atoms with Gasteiger partial charge in [0.05, 0.1) is 0 Å². The Morgan fingerprint density at radius 1 is 1.11 bits per heavy atom. The lowest BCUT2D eigenvalue weighted by Crippen LogP contribution is -2.01. The van der Waals surface area contributed by atoms with Gasteiger partial charge in [-0.15, -0.1) is 0 Å². The number of aromatic hydroxyl groups is 1. The van der Waals surface area contributed by atoms with E-state index in [1.165, 1.54) is 11.1 Å². The molecular formula is C15H16ClNO. The maximum Gasteiger partial charge on any atom is 0.120 e. The number of benzene rings is 2. The van der Waals surface area contributed by atoms with Crippen molar-refractivity contribution < 1.29 is 5.11 Å². The number of halogens is 1. The molecule has 0 bridgehead atoms. The maximum absolute atomic E-state index is 9.73. The van der Waals surface area contributed by atoms with Gasteiger partial charge in [0.15, 0.2) is 0 Å². The number of anilines is 1. The second-order valence-corrected chi connectivity index (χ2v) is 4.88. The second kappa shape index (κ2) is 5.32. The fourth-order valence-corrected chi connectivity index (χ4v) is 2.09. The lowest BCUT2D eigenvalue weighted by atomic mass is 10.1. The van der Waals surface area contributed by atoms with Crippen molar-refractivity contribution in [1.29, 1.82) is 0 Å². The first-order valence-electron chi connectivity index (χ1n) is 5.85. The summed E-state index contributed by atoms with van der Waals surface area (Å²) in [5.74, 6) is 0.261. The van der Waals surface area contributed by atoms with Crippen LogP contribution in [0.25, 0.3) is 0 Å². The Labute approximate surface area is 112 Å².